The normalized spacial score (nSPS) is 15.0. The number of nitrogens with zero attached hydrogens (tertiary/aromatic N) is 1. The van der Waals surface area contributed by atoms with Crippen LogP contribution in [0, 0.1) is 6.92 Å². The van der Waals surface area contributed by atoms with E-state index in [1.165, 1.54) is 37.9 Å². The molecule has 2 amide bonds. The van der Waals surface area contributed by atoms with Crippen LogP contribution >= 0.6 is 0 Å². The lowest BCUT2D eigenvalue weighted by Crippen LogP contribution is -2.29. The monoisotopic (exact) mass is 323 g/mol. The molecule has 1 heterocycles. The Balaban J connectivity index is 1.53. The van der Waals surface area contributed by atoms with Gasteiger partial charge in [-0.3, -0.25) is 4.90 Å². The van der Waals surface area contributed by atoms with Gasteiger partial charge < -0.3 is 10.6 Å². The Morgan fingerprint density at radius 1 is 0.958 bits per heavy atom. The highest BCUT2D eigenvalue weighted by molar-refractivity contribution is 6.00. The van der Waals surface area contributed by atoms with Gasteiger partial charge in [-0.05, 0) is 62.2 Å². The lowest BCUT2D eigenvalue weighted by Gasteiger charge is -2.26. The van der Waals surface area contributed by atoms with E-state index in [-0.39, 0.29) is 6.03 Å². The van der Waals surface area contributed by atoms with Crippen LogP contribution in [0.1, 0.15) is 30.4 Å². The Bertz CT molecular complexity index is 676. The lowest BCUT2D eigenvalue weighted by molar-refractivity contribution is 0.221. The van der Waals surface area contributed by atoms with Crippen molar-refractivity contribution < 1.29 is 4.79 Å². The molecule has 0 bridgehead atoms. The molecule has 0 saturated carbocycles. The minimum absolute atomic E-state index is 0.215. The first kappa shape index (κ1) is 16.5. The summed E-state index contributed by atoms with van der Waals surface area (Å²) in [6.45, 7) is 5.36. The predicted octanol–water partition coefficient (Wildman–Crippen LogP) is 4.62. The van der Waals surface area contributed by atoms with E-state index in [9.17, 15) is 4.79 Å². The molecular formula is C20H25N3O. The summed E-state index contributed by atoms with van der Waals surface area (Å²) in [4.78, 5) is 14.6. The highest BCUT2D eigenvalue weighted by Crippen LogP contribution is 2.17. The molecule has 0 spiro atoms. The van der Waals surface area contributed by atoms with Gasteiger partial charge in [0.05, 0.1) is 0 Å². The predicted molar refractivity (Wildman–Crippen MR) is 99.4 cm³/mol. The van der Waals surface area contributed by atoms with Gasteiger partial charge in [0.15, 0.2) is 0 Å². The second kappa shape index (κ2) is 7.97. The number of hydrogen-bond acceptors (Lipinski definition) is 2. The van der Waals surface area contributed by atoms with Crippen LogP contribution < -0.4 is 10.6 Å². The molecule has 4 nitrogen and oxygen atoms in total. The fourth-order valence-corrected chi connectivity index (χ4v) is 3.07. The third-order valence-corrected chi connectivity index (χ3v) is 4.46. The van der Waals surface area contributed by atoms with Crippen molar-refractivity contribution in [3.63, 3.8) is 0 Å². The quantitative estimate of drug-likeness (QED) is 0.862. The molecule has 0 radical (unpaired) electrons. The Kier molecular flexibility index (Phi) is 5.49. The van der Waals surface area contributed by atoms with Crippen molar-refractivity contribution >= 4 is 17.4 Å². The van der Waals surface area contributed by atoms with Crippen LogP contribution in [0.2, 0.25) is 0 Å². The van der Waals surface area contributed by atoms with Crippen molar-refractivity contribution in [1.82, 2.24) is 4.90 Å². The van der Waals surface area contributed by atoms with Crippen molar-refractivity contribution in [2.45, 2.75) is 32.7 Å². The number of likely N-dealkylation sites (tertiary alicyclic amines) is 1. The first-order valence-corrected chi connectivity index (χ1v) is 8.66. The number of aryl methyl sites for hydroxylation is 1. The van der Waals surface area contributed by atoms with Crippen LogP contribution in [-0.4, -0.2) is 24.0 Å². The molecular weight excluding hydrogens is 298 g/mol. The van der Waals surface area contributed by atoms with Crippen LogP contribution in [0.15, 0.2) is 48.5 Å². The summed E-state index contributed by atoms with van der Waals surface area (Å²) >= 11 is 0. The van der Waals surface area contributed by atoms with Crippen molar-refractivity contribution in [2.75, 3.05) is 23.7 Å². The standard InChI is InChI=1S/C20H25N3O/c1-16-7-3-4-8-19(16)22-20(24)21-18-11-9-17(10-12-18)15-23-13-5-2-6-14-23/h3-4,7-12H,2,5-6,13-15H2,1H3,(H2,21,22,24). The highest BCUT2D eigenvalue weighted by Gasteiger charge is 2.10. The summed E-state index contributed by atoms with van der Waals surface area (Å²) in [6.07, 6.45) is 3.97. The van der Waals surface area contributed by atoms with Crippen LogP contribution in [0.25, 0.3) is 0 Å². The molecule has 0 atom stereocenters. The smallest absolute Gasteiger partial charge is 0.308 e. The first-order chi connectivity index (χ1) is 11.7. The van der Waals surface area contributed by atoms with Crippen molar-refractivity contribution in [3.8, 4) is 0 Å². The van der Waals surface area contributed by atoms with Gasteiger partial charge in [-0.15, -0.1) is 0 Å². The van der Waals surface area contributed by atoms with Crippen molar-refractivity contribution in [2.24, 2.45) is 0 Å². The van der Waals surface area contributed by atoms with Crippen molar-refractivity contribution in [1.29, 1.82) is 0 Å². The number of para-hydroxylation sites is 1. The van der Waals surface area contributed by atoms with Gasteiger partial charge in [0.25, 0.3) is 0 Å². The molecule has 0 aromatic heterocycles. The fourth-order valence-electron chi connectivity index (χ4n) is 3.07. The maximum absolute atomic E-state index is 12.1. The number of carbonyl (C=O) groups excluding carboxylic acids is 1. The number of urea groups is 1. The maximum Gasteiger partial charge on any atom is 0.323 e. The molecule has 3 rings (SSSR count). The molecule has 126 valence electrons. The van der Waals surface area contributed by atoms with E-state index in [1.54, 1.807) is 0 Å². The van der Waals surface area contributed by atoms with Crippen LogP contribution in [0.3, 0.4) is 0 Å². The molecule has 24 heavy (non-hydrogen) atoms. The van der Waals surface area contributed by atoms with Crippen LogP contribution in [0.5, 0.6) is 0 Å². The summed E-state index contributed by atoms with van der Waals surface area (Å²) in [6, 6.07) is 15.7. The van der Waals surface area contributed by atoms with Gasteiger partial charge in [0.2, 0.25) is 0 Å². The third-order valence-electron chi connectivity index (χ3n) is 4.46. The minimum Gasteiger partial charge on any atom is -0.308 e. The number of carbonyl (C=O) groups is 1. The van der Waals surface area contributed by atoms with E-state index in [2.05, 4.69) is 27.7 Å². The summed E-state index contributed by atoms with van der Waals surface area (Å²) < 4.78 is 0. The molecule has 4 heteroatoms. The second-order valence-corrected chi connectivity index (χ2v) is 6.43. The summed E-state index contributed by atoms with van der Waals surface area (Å²) in [7, 11) is 0. The Morgan fingerprint density at radius 2 is 1.67 bits per heavy atom. The number of anilines is 2. The highest BCUT2D eigenvalue weighted by atomic mass is 16.2. The molecule has 0 aliphatic carbocycles. The van der Waals surface area contributed by atoms with Crippen molar-refractivity contribution in [3.05, 3.63) is 59.7 Å². The number of hydrogen-bond donors (Lipinski definition) is 2. The van der Waals surface area contributed by atoms with Crippen LogP contribution in [0.4, 0.5) is 16.2 Å². The van der Waals surface area contributed by atoms with E-state index in [1.807, 2.05) is 43.3 Å². The summed E-state index contributed by atoms with van der Waals surface area (Å²) in [5.74, 6) is 0. The molecule has 2 aromatic carbocycles. The largest absolute Gasteiger partial charge is 0.323 e. The van der Waals surface area contributed by atoms with E-state index < -0.39 is 0 Å². The van der Waals surface area contributed by atoms with Gasteiger partial charge in [-0.1, -0.05) is 36.8 Å². The van der Waals surface area contributed by atoms with Gasteiger partial charge in [-0.2, -0.15) is 0 Å². The minimum atomic E-state index is -0.215. The third kappa shape index (κ3) is 4.59. The summed E-state index contributed by atoms with van der Waals surface area (Å²) in [5.41, 5.74) is 3.98. The molecule has 2 N–H and O–H groups in total. The van der Waals surface area contributed by atoms with E-state index in [0.717, 1.165) is 23.5 Å². The zero-order chi connectivity index (χ0) is 16.8. The number of piperidine rings is 1. The zero-order valence-electron chi connectivity index (χ0n) is 14.2. The Hall–Kier alpha value is -2.33. The van der Waals surface area contributed by atoms with Gasteiger partial charge >= 0.3 is 6.03 Å². The first-order valence-electron chi connectivity index (χ1n) is 8.66. The average Bonchev–Trinajstić information content (AvgIpc) is 2.60. The maximum atomic E-state index is 12.1. The van der Waals surface area contributed by atoms with Gasteiger partial charge in [0, 0.05) is 17.9 Å². The number of rotatable bonds is 4. The van der Waals surface area contributed by atoms with Crippen LogP contribution in [-0.2, 0) is 6.54 Å². The Labute approximate surface area is 143 Å². The van der Waals surface area contributed by atoms with Gasteiger partial charge in [-0.25, -0.2) is 4.79 Å². The fraction of sp³-hybridized carbons (Fsp3) is 0.350. The SMILES string of the molecule is Cc1ccccc1NC(=O)Nc1ccc(CN2CCCCC2)cc1. The lowest BCUT2D eigenvalue weighted by atomic mass is 10.1. The molecule has 1 aliphatic heterocycles. The van der Waals surface area contributed by atoms with Gasteiger partial charge in [0.1, 0.15) is 0 Å². The Morgan fingerprint density at radius 3 is 2.38 bits per heavy atom. The summed E-state index contributed by atoms with van der Waals surface area (Å²) in [5, 5.41) is 5.77. The number of amides is 2. The molecule has 1 fully saturated rings. The topological polar surface area (TPSA) is 44.4 Å². The molecule has 2 aromatic rings. The molecule has 0 unspecified atom stereocenters. The molecule has 1 aliphatic rings. The van der Waals surface area contributed by atoms with E-state index >= 15 is 0 Å². The van der Waals surface area contributed by atoms with E-state index in [0.29, 0.717) is 0 Å². The number of benzene rings is 2. The zero-order valence-corrected chi connectivity index (χ0v) is 14.2. The number of nitrogens with one attached hydrogen (secondary N) is 2. The second-order valence-electron chi connectivity index (χ2n) is 6.43. The molecule has 1 saturated heterocycles. The van der Waals surface area contributed by atoms with E-state index in [4.69, 9.17) is 0 Å². The average molecular weight is 323 g/mol.